The summed E-state index contributed by atoms with van der Waals surface area (Å²) in [6, 6.07) is 60.0. The van der Waals surface area contributed by atoms with Crippen LogP contribution in [0, 0.1) is 13.8 Å². The fourth-order valence-corrected chi connectivity index (χ4v) is 6.30. The van der Waals surface area contributed by atoms with E-state index < -0.39 is 0 Å². The van der Waals surface area contributed by atoms with Gasteiger partial charge in [-0.3, -0.25) is 4.57 Å². The van der Waals surface area contributed by atoms with Crippen LogP contribution in [0.15, 0.2) is 170 Å². The average Bonchev–Trinajstić information content (AvgIpc) is 3.79. The van der Waals surface area contributed by atoms with Crippen LogP contribution in [0.2, 0.25) is 0 Å². The minimum absolute atomic E-state index is 0.812. The van der Waals surface area contributed by atoms with Crippen molar-refractivity contribution in [2.75, 3.05) is 0 Å². The molecule has 8 rings (SSSR count). The summed E-state index contributed by atoms with van der Waals surface area (Å²) in [6.07, 6.45) is 0. The van der Waals surface area contributed by atoms with Gasteiger partial charge in [-0.2, -0.15) is 0 Å². The molecule has 0 aliphatic heterocycles. The van der Waals surface area contributed by atoms with Crippen LogP contribution in [-0.2, 0) is 0 Å². The average molecular weight is 619 g/mol. The Balaban J connectivity index is 1.16. The van der Waals surface area contributed by atoms with Crippen molar-refractivity contribution in [3.8, 4) is 67.8 Å². The quantitative estimate of drug-likeness (QED) is 0.178. The van der Waals surface area contributed by atoms with E-state index in [1.165, 1.54) is 33.6 Å². The van der Waals surface area contributed by atoms with Gasteiger partial charge in [0.1, 0.15) is 0 Å². The van der Waals surface area contributed by atoms with Gasteiger partial charge in [-0.25, -0.2) is 0 Å². The van der Waals surface area contributed by atoms with Crippen LogP contribution in [0.25, 0.3) is 67.8 Å². The minimum atomic E-state index is 0.812. The molecule has 0 N–H and O–H groups in total. The molecule has 6 aromatic carbocycles. The molecule has 2 heterocycles. The molecule has 0 unspecified atom stereocenters. The third kappa shape index (κ3) is 5.54. The third-order valence-electron chi connectivity index (χ3n) is 8.89. The van der Waals surface area contributed by atoms with Crippen molar-refractivity contribution in [2.45, 2.75) is 13.8 Å². The topological polar surface area (TPSA) is 35.6 Å². The number of rotatable bonds is 7. The van der Waals surface area contributed by atoms with Gasteiger partial charge in [-0.05, 0) is 72.5 Å². The molecule has 0 spiro atoms. The number of aryl methyl sites for hydroxylation is 2. The highest BCUT2D eigenvalue weighted by molar-refractivity contribution is 5.75. The summed E-state index contributed by atoms with van der Waals surface area (Å²) >= 11 is 0. The van der Waals surface area contributed by atoms with Gasteiger partial charge >= 0.3 is 0 Å². The Morgan fingerprint density at radius 2 is 0.667 bits per heavy atom. The third-order valence-corrected chi connectivity index (χ3v) is 8.89. The predicted molar refractivity (Wildman–Crippen MR) is 197 cm³/mol. The molecule has 0 atom stereocenters. The van der Waals surface area contributed by atoms with E-state index in [4.69, 9.17) is 0 Å². The molecule has 2 aromatic heterocycles. The number of hydrogen-bond acceptors (Lipinski definition) is 2. The fourth-order valence-electron chi connectivity index (χ4n) is 6.30. The second kappa shape index (κ2) is 12.5. The van der Waals surface area contributed by atoms with Gasteiger partial charge in [0, 0.05) is 22.5 Å². The van der Waals surface area contributed by atoms with Crippen molar-refractivity contribution in [2.24, 2.45) is 0 Å². The van der Waals surface area contributed by atoms with Gasteiger partial charge < -0.3 is 4.57 Å². The van der Waals surface area contributed by atoms with Crippen molar-refractivity contribution < 1.29 is 0 Å². The van der Waals surface area contributed by atoms with Gasteiger partial charge in [0.25, 0.3) is 0 Å². The van der Waals surface area contributed by atoms with Crippen LogP contribution in [-0.4, -0.2) is 19.3 Å². The molecule has 8 aromatic rings. The molecule has 0 aliphatic carbocycles. The van der Waals surface area contributed by atoms with E-state index in [-0.39, 0.29) is 0 Å². The largest absolute Gasteiger partial charge is 0.309 e. The van der Waals surface area contributed by atoms with Crippen LogP contribution in [0.1, 0.15) is 11.1 Å². The van der Waals surface area contributed by atoms with Crippen molar-refractivity contribution in [3.05, 3.63) is 181 Å². The maximum Gasteiger partial charge on any atom is 0.168 e. The number of benzene rings is 6. The lowest BCUT2D eigenvalue weighted by molar-refractivity contribution is 1.07. The number of nitrogens with zero attached hydrogens (tertiary/aromatic N) is 4. The van der Waals surface area contributed by atoms with E-state index in [2.05, 4.69) is 167 Å². The van der Waals surface area contributed by atoms with Gasteiger partial charge in [0.2, 0.25) is 0 Å². The Morgan fingerprint density at radius 3 is 1.06 bits per heavy atom. The second-order valence-corrected chi connectivity index (χ2v) is 12.2. The molecule has 4 nitrogen and oxygen atoms in total. The van der Waals surface area contributed by atoms with Crippen LogP contribution in [0.4, 0.5) is 0 Å². The first kappa shape index (κ1) is 29.2. The monoisotopic (exact) mass is 618 g/mol. The van der Waals surface area contributed by atoms with E-state index >= 15 is 0 Å². The summed E-state index contributed by atoms with van der Waals surface area (Å²) in [5, 5.41) is 9.26. The lowest BCUT2D eigenvalue weighted by Gasteiger charge is -2.16. The normalized spacial score (nSPS) is 11.1. The molecule has 0 bridgehead atoms. The summed E-state index contributed by atoms with van der Waals surface area (Å²) in [6.45, 7) is 4.26. The van der Waals surface area contributed by atoms with Gasteiger partial charge in [0.05, 0.1) is 11.4 Å². The molecular formula is C44H34N4. The van der Waals surface area contributed by atoms with Crippen molar-refractivity contribution in [1.82, 2.24) is 19.3 Å². The minimum Gasteiger partial charge on any atom is -0.309 e. The van der Waals surface area contributed by atoms with Crippen molar-refractivity contribution in [1.29, 1.82) is 0 Å². The van der Waals surface area contributed by atoms with E-state index in [1.54, 1.807) is 0 Å². The Morgan fingerprint density at radius 1 is 0.312 bits per heavy atom. The molecule has 0 amide bonds. The zero-order valence-corrected chi connectivity index (χ0v) is 27.0. The molecule has 0 fully saturated rings. The smallest absolute Gasteiger partial charge is 0.168 e. The van der Waals surface area contributed by atoms with Crippen LogP contribution in [0.5, 0.6) is 0 Å². The Kier molecular flexibility index (Phi) is 7.60. The Hall–Kier alpha value is -6.26. The maximum atomic E-state index is 4.63. The highest BCUT2D eigenvalue weighted by Crippen LogP contribution is 2.34. The van der Waals surface area contributed by atoms with E-state index in [0.717, 1.165) is 45.3 Å². The summed E-state index contributed by atoms with van der Waals surface area (Å²) in [5.74, 6) is 1.62. The SMILES string of the molecule is Cc1ccc(-c2ccc(-c3ccc(C)cc3)n2-c2ccc(-c3ccc(-n4c(-c5ccccc5)nnc4-c4ccccc4)cc3)cc2)cc1. The Labute approximate surface area is 281 Å². The fraction of sp³-hybridized carbons (Fsp3) is 0.0455. The molecule has 0 aliphatic rings. The highest BCUT2D eigenvalue weighted by atomic mass is 15.3. The molecule has 0 saturated heterocycles. The van der Waals surface area contributed by atoms with Crippen LogP contribution in [0.3, 0.4) is 0 Å². The maximum absolute atomic E-state index is 4.63. The predicted octanol–water partition coefficient (Wildman–Crippen LogP) is 11.0. The summed E-state index contributed by atoms with van der Waals surface area (Å²) < 4.78 is 4.51. The molecule has 230 valence electrons. The van der Waals surface area contributed by atoms with Crippen molar-refractivity contribution in [3.63, 3.8) is 0 Å². The number of aromatic nitrogens is 4. The van der Waals surface area contributed by atoms with E-state index in [0.29, 0.717) is 0 Å². The van der Waals surface area contributed by atoms with E-state index in [1.807, 2.05) is 36.4 Å². The first-order chi connectivity index (χ1) is 23.6. The molecule has 4 heteroatoms. The summed E-state index contributed by atoms with van der Waals surface area (Å²) in [7, 11) is 0. The van der Waals surface area contributed by atoms with E-state index in [9.17, 15) is 0 Å². The lowest BCUT2D eigenvalue weighted by atomic mass is 10.0. The highest BCUT2D eigenvalue weighted by Gasteiger charge is 2.18. The molecule has 48 heavy (non-hydrogen) atoms. The zero-order valence-electron chi connectivity index (χ0n) is 27.0. The molecule has 0 radical (unpaired) electrons. The van der Waals surface area contributed by atoms with Gasteiger partial charge in [-0.1, -0.05) is 145 Å². The molecule has 0 saturated carbocycles. The van der Waals surface area contributed by atoms with Crippen LogP contribution < -0.4 is 0 Å². The van der Waals surface area contributed by atoms with Crippen LogP contribution >= 0.6 is 0 Å². The summed E-state index contributed by atoms with van der Waals surface area (Å²) in [5.41, 5.74) is 13.7. The van der Waals surface area contributed by atoms with Gasteiger partial charge in [0.15, 0.2) is 11.6 Å². The van der Waals surface area contributed by atoms with Gasteiger partial charge in [-0.15, -0.1) is 10.2 Å². The molecular weight excluding hydrogens is 585 g/mol. The lowest BCUT2D eigenvalue weighted by Crippen LogP contribution is -2.00. The second-order valence-electron chi connectivity index (χ2n) is 12.2. The standard InChI is InChI=1S/C44H34N4/c1-31-13-17-35(18-14-31)41-29-30-42(36-19-15-32(2)16-20-36)47(41)39-25-21-33(22-26-39)34-23-27-40(28-24-34)48-43(37-9-5-3-6-10-37)45-46-44(48)38-11-7-4-8-12-38/h3-30H,1-2H3. The van der Waals surface area contributed by atoms with Crippen molar-refractivity contribution >= 4 is 0 Å². The first-order valence-electron chi connectivity index (χ1n) is 16.3. The summed E-state index contributed by atoms with van der Waals surface area (Å²) in [4.78, 5) is 0. The first-order valence-corrected chi connectivity index (χ1v) is 16.3. The zero-order chi connectivity index (χ0) is 32.5. The Bertz CT molecular complexity index is 2170. The number of hydrogen-bond donors (Lipinski definition) is 0.